The largest absolute Gasteiger partial charge is 0.314 e. The van der Waals surface area contributed by atoms with Crippen molar-refractivity contribution in [3.8, 4) is 0 Å². The molecule has 0 bridgehead atoms. The van der Waals surface area contributed by atoms with E-state index < -0.39 is 5.54 Å². The Morgan fingerprint density at radius 2 is 1.90 bits per heavy atom. The smallest absolute Gasteiger partial charge is 0.159 e. The Kier molecular flexibility index (Phi) is 4.85. The van der Waals surface area contributed by atoms with Gasteiger partial charge in [-0.15, -0.1) is 11.3 Å². The summed E-state index contributed by atoms with van der Waals surface area (Å²) in [5.74, 6) is 0.263. The molecule has 0 aromatic carbocycles. The molecule has 0 amide bonds. The van der Waals surface area contributed by atoms with E-state index in [4.69, 9.17) is 0 Å². The summed E-state index contributed by atoms with van der Waals surface area (Å²) in [6, 6.07) is 0. The van der Waals surface area contributed by atoms with E-state index in [1.807, 2.05) is 13.8 Å². The summed E-state index contributed by atoms with van der Waals surface area (Å²) >= 11 is 1.60. The Bertz CT molecular complexity index is 496. The predicted molar refractivity (Wildman–Crippen MR) is 88.0 cm³/mol. The summed E-state index contributed by atoms with van der Waals surface area (Å²) in [7, 11) is 0. The van der Waals surface area contributed by atoms with Crippen molar-refractivity contribution in [3.05, 3.63) is 16.1 Å². The fraction of sp³-hybridized carbons (Fsp3) is 0.750. The number of piperazine rings is 1. The van der Waals surface area contributed by atoms with Gasteiger partial charge in [-0.25, -0.2) is 4.98 Å². The Hall–Kier alpha value is -0.780. The maximum absolute atomic E-state index is 12.7. The van der Waals surface area contributed by atoms with Crippen LogP contribution in [0.15, 0.2) is 5.38 Å². The second-order valence-electron chi connectivity index (χ2n) is 7.27. The zero-order chi connectivity index (χ0) is 15.7. The molecule has 0 unspecified atom stereocenters. The zero-order valence-corrected chi connectivity index (χ0v) is 14.6. The lowest BCUT2D eigenvalue weighted by molar-refractivity contribution is -0.129. The van der Waals surface area contributed by atoms with Gasteiger partial charge in [0.05, 0.1) is 17.7 Å². The quantitative estimate of drug-likeness (QED) is 0.926. The third kappa shape index (κ3) is 3.90. The van der Waals surface area contributed by atoms with Gasteiger partial charge in [0.15, 0.2) is 5.78 Å². The molecule has 2 heterocycles. The lowest BCUT2D eigenvalue weighted by Crippen LogP contribution is -2.57. The topological polar surface area (TPSA) is 45.2 Å². The first-order valence-electron chi connectivity index (χ1n) is 7.65. The molecule has 0 radical (unpaired) electrons. The van der Waals surface area contributed by atoms with Gasteiger partial charge in [0, 0.05) is 37.0 Å². The number of hydrogen-bond donors (Lipinski definition) is 1. The molecule has 1 saturated heterocycles. The molecule has 1 fully saturated rings. The number of nitrogens with one attached hydrogen (secondary N) is 1. The van der Waals surface area contributed by atoms with Crippen LogP contribution >= 0.6 is 11.3 Å². The number of carbonyl (C=O) groups excluding carboxylic acids is 1. The van der Waals surface area contributed by atoms with Gasteiger partial charge in [0.2, 0.25) is 0 Å². The maximum Gasteiger partial charge on any atom is 0.159 e. The molecular formula is C16H27N3OS. The zero-order valence-electron chi connectivity index (χ0n) is 13.8. The van der Waals surface area contributed by atoms with Crippen LogP contribution in [0.25, 0.3) is 0 Å². The standard InChI is InChI=1S/C16H27N3OS/c1-15(2,3)12-11-21-14(18-12)10-13(20)16(4,5)19-8-6-17-7-9-19/h11,17H,6-10H2,1-5H3. The first kappa shape index (κ1) is 16.6. The molecule has 5 heteroatoms. The van der Waals surface area contributed by atoms with Crippen LogP contribution in [0.2, 0.25) is 0 Å². The summed E-state index contributed by atoms with van der Waals surface area (Å²) in [4.78, 5) is 19.6. The molecule has 21 heavy (non-hydrogen) atoms. The van der Waals surface area contributed by atoms with Gasteiger partial charge in [-0.2, -0.15) is 0 Å². The van der Waals surface area contributed by atoms with E-state index in [1.165, 1.54) is 0 Å². The van der Waals surface area contributed by atoms with Crippen molar-refractivity contribution in [3.63, 3.8) is 0 Å². The highest BCUT2D eigenvalue weighted by Gasteiger charge is 2.35. The normalized spacial score (nSPS) is 18.0. The Balaban J connectivity index is 2.04. The lowest BCUT2D eigenvalue weighted by atomic mass is 9.92. The van der Waals surface area contributed by atoms with Crippen molar-refractivity contribution in [2.24, 2.45) is 0 Å². The molecule has 1 aliphatic heterocycles. The van der Waals surface area contributed by atoms with Crippen LogP contribution in [0.1, 0.15) is 45.3 Å². The van der Waals surface area contributed by atoms with Crippen molar-refractivity contribution in [1.29, 1.82) is 0 Å². The van der Waals surface area contributed by atoms with Crippen molar-refractivity contribution in [2.75, 3.05) is 26.2 Å². The van der Waals surface area contributed by atoms with Crippen LogP contribution in [0.4, 0.5) is 0 Å². The average molecular weight is 309 g/mol. The highest BCUT2D eigenvalue weighted by atomic mass is 32.1. The number of rotatable bonds is 4. The molecule has 0 aliphatic carbocycles. The molecule has 118 valence electrons. The number of thiazole rings is 1. The fourth-order valence-electron chi connectivity index (χ4n) is 2.49. The molecule has 0 saturated carbocycles. The SMILES string of the molecule is CC(C)(C)c1csc(CC(=O)C(C)(C)N2CCNCC2)n1. The second-order valence-corrected chi connectivity index (χ2v) is 8.22. The second kappa shape index (κ2) is 6.15. The first-order chi connectivity index (χ1) is 9.71. The lowest BCUT2D eigenvalue weighted by Gasteiger charge is -2.39. The van der Waals surface area contributed by atoms with E-state index in [-0.39, 0.29) is 11.2 Å². The number of Topliss-reactive ketones (excluding diaryl/α,β-unsaturated/α-hetero) is 1. The van der Waals surface area contributed by atoms with Crippen molar-refractivity contribution in [2.45, 2.75) is 52.0 Å². The van der Waals surface area contributed by atoms with Crippen LogP contribution in [0.3, 0.4) is 0 Å². The Morgan fingerprint density at radius 1 is 1.29 bits per heavy atom. The fourth-order valence-corrected chi connectivity index (χ4v) is 3.51. The summed E-state index contributed by atoms with van der Waals surface area (Å²) in [5, 5.41) is 6.35. The summed E-state index contributed by atoms with van der Waals surface area (Å²) < 4.78 is 0. The first-order valence-corrected chi connectivity index (χ1v) is 8.53. The van der Waals surface area contributed by atoms with E-state index in [2.05, 4.69) is 41.4 Å². The molecule has 2 rings (SSSR count). The van der Waals surface area contributed by atoms with Gasteiger partial charge in [-0.3, -0.25) is 9.69 Å². The highest BCUT2D eigenvalue weighted by Crippen LogP contribution is 2.25. The molecule has 0 spiro atoms. The molecule has 4 nitrogen and oxygen atoms in total. The molecule has 1 aliphatic rings. The molecule has 1 N–H and O–H groups in total. The molecule has 1 aromatic heterocycles. The van der Waals surface area contributed by atoms with Crippen LogP contribution in [0.5, 0.6) is 0 Å². The van der Waals surface area contributed by atoms with E-state index in [9.17, 15) is 4.79 Å². The van der Waals surface area contributed by atoms with Gasteiger partial charge in [0.1, 0.15) is 5.01 Å². The number of ketones is 1. The summed E-state index contributed by atoms with van der Waals surface area (Å²) in [6.45, 7) is 14.3. The van der Waals surface area contributed by atoms with Crippen LogP contribution in [-0.2, 0) is 16.6 Å². The summed E-state index contributed by atoms with van der Waals surface area (Å²) in [6.07, 6.45) is 0.442. The van der Waals surface area contributed by atoms with Gasteiger partial charge in [-0.05, 0) is 13.8 Å². The monoisotopic (exact) mass is 309 g/mol. The van der Waals surface area contributed by atoms with E-state index in [1.54, 1.807) is 11.3 Å². The predicted octanol–water partition coefficient (Wildman–Crippen LogP) is 2.24. The third-order valence-electron chi connectivity index (χ3n) is 4.22. The number of carbonyl (C=O) groups is 1. The Labute approximate surface area is 132 Å². The van der Waals surface area contributed by atoms with Gasteiger partial charge >= 0.3 is 0 Å². The van der Waals surface area contributed by atoms with Crippen molar-refractivity contribution < 1.29 is 4.79 Å². The minimum absolute atomic E-state index is 0.0475. The van der Waals surface area contributed by atoms with Crippen molar-refractivity contribution in [1.82, 2.24) is 15.2 Å². The minimum Gasteiger partial charge on any atom is -0.314 e. The maximum atomic E-state index is 12.7. The summed E-state index contributed by atoms with van der Waals surface area (Å²) in [5.41, 5.74) is 0.719. The number of hydrogen-bond acceptors (Lipinski definition) is 5. The van der Waals surface area contributed by atoms with Crippen molar-refractivity contribution >= 4 is 17.1 Å². The Morgan fingerprint density at radius 3 is 2.43 bits per heavy atom. The molecule has 0 atom stereocenters. The highest BCUT2D eigenvalue weighted by molar-refractivity contribution is 7.09. The van der Waals surface area contributed by atoms with Gasteiger partial charge in [-0.1, -0.05) is 20.8 Å². The van der Waals surface area contributed by atoms with Crippen LogP contribution in [-0.4, -0.2) is 47.4 Å². The molecular weight excluding hydrogens is 282 g/mol. The number of nitrogens with zero attached hydrogens (tertiary/aromatic N) is 2. The number of aromatic nitrogens is 1. The van der Waals surface area contributed by atoms with E-state index in [0.717, 1.165) is 36.9 Å². The average Bonchev–Trinajstić information content (AvgIpc) is 2.88. The third-order valence-corrected chi connectivity index (χ3v) is 5.07. The van der Waals surface area contributed by atoms with Gasteiger partial charge < -0.3 is 5.32 Å². The minimum atomic E-state index is -0.407. The van der Waals surface area contributed by atoms with E-state index in [0.29, 0.717) is 6.42 Å². The van der Waals surface area contributed by atoms with Crippen LogP contribution < -0.4 is 5.32 Å². The van der Waals surface area contributed by atoms with Gasteiger partial charge in [0.25, 0.3) is 0 Å². The van der Waals surface area contributed by atoms with Crippen LogP contribution in [0, 0.1) is 0 Å². The van der Waals surface area contributed by atoms with E-state index >= 15 is 0 Å². The molecule has 1 aromatic rings.